The van der Waals surface area contributed by atoms with Gasteiger partial charge in [-0.15, -0.1) is 0 Å². The van der Waals surface area contributed by atoms with E-state index in [4.69, 9.17) is 11.6 Å². The van der Waals surface area contributed by atoms with Gasteiger partial charge in [-0.1, -0.05) is 41.3 Å². The lowest BCUT2D eigenvalue weighted by atomic mass is 9.85. The van der Waals surface area contributed by atoms with Crippen molar-refractivity contribution in [2.45, 2.75) is 32.1 Å². The Morgan fingerprint density at radius 1 is 0.840 bits per heavy atom. The molecule has 1 aromatic carbocycles. The topological polar surface area (TPSA) is 37.4 Å². The summed E-state index contributed by atoms with van der Waals surface area (Å²) in [6, 6.07) is 6.98. The number of benzene rings is 1. The third-order valence-corrected chi connectivity index (χ3v) is 6.62. The normalized spacial score (nSPS) is 33.6. The lowest BCUT2D eigenvalue weighted by molar-refractivity contribution is -0.122. The zero-order valence-electron chi connectivity index (χ0n) is 14.0. The zero-order chi connectivity index (χ0) is 17.1. The van der Waals surface area contributed by atoms with Crippen molar-refractivity contribution in [1.29, 1.82) is 0 Å². The summed E-state index contributed by atoms with van der Waals surface area (Å²) in [4.78, 5) is 27.6. The maximum Gasteiger partial charge on any atom is 0.238 e. The molecule has 4 atom stereocenters. The highest BCUT2D eigenvalue weighted by molar-refractivity contribution is 6.31. The largest absolute Gasteiger partial charge is 0.274 e. The fourth-order valence-corrected chi connectivity index (χ4v) is 5.47. The predicted octanol–water partition coefficient (Wildman–Crippen LogP) is 4.52. The van der Waals surface area contributed by atoms with Crippen LogP contribution in [-0.2, 0) is 9.59 Å². The molecule has 2 bridgehead atoms. The molecule has 0 aromatic heterocycles. The van der Waals surface area contributed by atoms with E-state index in [0.29, 0.717) is 10.7 Å². The van der Waals surface area contributed by atoms with Crippen LogP contribution in [0.4, 0.5) is 5.69 Å². The van der Waals surface area contributed by atoms with Crippen LogP contribution in [0, 0.1) is 23.7 Å². The monoisotopic (exact) mass is 353 g/mol. The Balaban J connectivity index is 1.52. The maximum absolute atomic E-state index is 13.1. The van der Waals surface area contributed by atoms with Gasteiger partial charge in [0.2, 0.25) is 11.8 Å². The van der Waals surface area contributed by atoms with Crippen LogP contribution < -0.4 is 4.90 Å². The number of amides is 2. The molecule has 4 aliphatic rings. The van der Waals surface area contributed by atoms with Crippen LogP contribution in [0.2, 0.25) is 5.02 Å². The Kier molecular flexibility index (Phi) is 3.43. The van der Waals surface area contributed by atoms with Gasteiger partial charge >= 0.3 is 0 Å². The van der Waals surface area contributed by atoms with Crippen LogP contribution in [0.3, 0.4) is 0 Å². The number of carbonyl (C=O) groups excluding carboxylic acids is 2. The molecule has 3 aliphatic carbocycles. The number of hydrogen-bond donors (Lipinski definition) is 0. The van der Waals surface area contributed by atoms with Crippen LogP contribution in [0.15, 0.2) is 47.6 Å². The van der Waals surface area contributed by atoms with E-state index in [-0.39, 0.29) is 35.5 Å². The van der Waals surface area contributed by atoms with Gasteiger partial charge in [0.25, 0.3) is 0 Å². The summed E-state index contributed by atoms with van der Waals surface area (Å²) in [6.07, 6.45) is 10.4. The first-order valence-corrected chi connectivity index (χ1v) is 9.58. The van der Waals surface area contributed by atoms with Crippen molar-refractivity contribution in [3.63, 3.8) is 0 Å². The molecule has 1 aliphatic heterocycles. The minimum absolute atomic E-state index is 0.0388. The minimum Gasteiger partial charge on any atom is -0.274 e. The summed E-state index contributed by atoms with van der Waals surface area (Å²) < 4.78 is 0. The van der Waals surface area contributed by atoms with Gasteiger partial charge in [0.15, 0.2) is 0 Å². The van der Waals surface area contributed by atoms with E-state index < -0.39 is 0 Å². The molecule has 2 saturated carbocycles. The maximum atomic E-state index is 13.1. The van der Waals surface area contributed by atoms with E-state index in [1.54, 1.807) is 24.3 Å². The number of anilines is 1. The van der Waals surface area contributed by atoms with E-state index >= 15 is 0 Å². The summed E-state index contributed by atoms with van der Waals surface area (Å²) >= 11 is 5.94. The van der Waals surface area contributed by atoms with Gasteiger partial charge < -0.3 is 0 Å². The van der Waals surface area contributed by atoms with Crippen LogP contribution in [-0.4, -0.2) is 11.8 Å². The van der Waals surface area contributed by atoms with E-state index in [9.17, 15) is 9.59 Å². The standard InChI is InChI=1S/C21H20ClNO2/c22-13-6-8-14(9-7-13)23-20(24)18-15-10-11-16(19(18)21(23)25)17(15)12-4-2-1-3-5-12/h6-11,15-16,18-19H,1-5H2/t15-,16-,18-,19+/m1/s1. The van der Waals surface area contributed by atoms with Gasteiger partial charge in [-0.3, -0.25) is 9.59 Å². The number of allylic oxidation sites excluding steroid dienone is 4. The van der Waals surface area contributed by atoms with E-state index in [1.807, 2.05) is 0 Å². The molecule has 1 heterocycles. The number of nitrogens with zero attached hydrogens (tertiary/aromatic N) is 1. The number of carbonyl (C=O) groups is 2. The Labute approximate surface area is 152 Å². The van der Waals surface area contributed by atoms with Crippen molar-refractivity contribution in [2.24, 2.45) is 23.7 Å². The van der Waals surface area contributed by atoms with Crippen molar-refractivity contribution in [3.8, 4) is 0 Å². The highest BCUT2D eigenvalue weighted by Crippen LogP contribution is 2.58. The highest BCUT2D eigenvalue weighted by atomic mass is 35.5. The third kappa shape index (κ3) is 2.11. The number of halogens is 1. The van der Waals surface area contributed by atoms with E-state index in [0.717, 1.165) is 12.8 Å². The molecule has 1 saturated heterocycles. The smallest absolute Gasteiger partial charge is 0.238 e. The number of rotatable bonds is 1. The molecule has 1 aromatic rings. The van der Waals surface area contributed by atoms with Crippen molar-refractivity contribution in [2.75, 3.05) is 4.90 Å². The lowest BCUT2D eigenvalue weighted by Gasteiger charge is -2.23. The molecule has 5 rings (SSSR count). The SMILES string of the molecule is O=C1[C@@H]2[C@H](C(=O)N1c1ccc(Cl)cc1)[C@@H]1C=C[C@@H]2C1=C1CCCCC1. The van der Waals surface area contributed by atoms with E-state index in [1.165, 1.54) is 35.3 Å². The molecule has 2 amide bonds. The average molecular weight is 354 g/mol. The quantitative estimate of drug-likeness (QED) is 0.549. The molecule has 0 radical (unpaired) electrons. The zero-order valence-corrected chi connectivity index (χ0v) is 14.7. The first-order valence-electron chi connectivity index (χ1n) is 9.20. The summed E-state index contributed by atoms with van der Waals surface area (Å²) in [5, 5.41) is 0.606. The molecule has 3 nitrogen and oxygen atoms in total. The highest BCUT2D eigenvalue weighted by Gasteiger charge is 2.62. The number of fused-ring (bicyclic) bond motifs is 5. The minimum atomic E-state index is -0.206. The third-order valence-electron chi connectivity index (χ3n) is 6.37. The number of imide groups is 1. The first kappa shape index (κ1) is 15.4. The molecule has 0 N–H and O–H groups in total. The van der Waals surface area contributed by atoms with Crippen molar-refractivity contribution >= 4 is 29.1 Å². The van der Waals surface area contributed by atoms with Gasteiger partial charge in [0, 0.05) is 16.9 Å². The Bertz CT molecular complexity index is 781. The van der Waals surface area contributed by atoms with Gasteiger partial charge in [0.05, 0.1) is 17.5 Å². The Morgan fingerprint density at radius 3 is 1.96 bits per heavy atom. The van der Waals surface area contributed by atoms with Gasteiger partial charge in [-0.2, -0.15) is 0 Å². The van der Waals surface area contributed by atoms with Gasteiger partial charge in [0.1, 0.15) is 0 Å². The van der Waals surface area contributed by atoms with Crippen molar-refractivity contribution < 1.29 is 9.59 Å². The average Bonchev–Trinajstić information content (AvgIpc) is 3.27. The van der Waals surface area contributed by atoms with Crippen molar-refractivity contribution in [3.05, 3.63) is 52.6 Å². The number of hydrogen-bond acceptors (Lipinski definition) is 2. The van der Waals surface area contributed by atoms with Crippen LogP contribution in [0.25, 0.3) is 0 Å². The predicted molar refractivity (Wildman–Crippen MR) is 97.2 cm³/mol. The molecule has 0 spiro atoms. The molecule has 25 heavy (non-hydrogen) atoms. The summed E-state index contributed by atoms with van der Waals surface area (Å²) in [5.74, 6) is -0.218. The van der Waals surface area contributed by atoms with Crippen LogP contribution in [0.1, 0.15) is 32.1 Å². The summed E-state index contributed by atoms with van der Waals surface area (Å²) in [6.45, 7) is 0. The second kappa shape index (κ2) is 5.57. The molecular formula is C21H20ClNO2. The molecular weight excluding hydrogens is 334 g/mol. The Hall–Kier alpha value is -1.87. The van der Waals surface area contributed by atoms with E-state index in [2.05, 4.69) is 12.2 Å². The van der Waals surface area contributed by atoms with Gasteiger partial charge in [-0.05, 0) is 49.9 Å². The summed E-state index contributed by atoms with van der Waals surface area (Å²) in [7, 11) is 0. The lowest BCUT2D eigenvalue weighted by Crippen LogP contribution is -2.33. The molecule has 128 valence electrons. The molecule has 0 unspecified atom stereocenters. The molecule has 4 heteroatoms. The second-order valence-electron chi connectivity index (χ2n) is 7.60. The Morgan fingerprint density at radius 2 is 1.40 bits per heavy atom. The first-order chi connectivity index (χ1) is 12.2. The van der Waals surface area contributed by atoms with Crippen LogP contribution in [0.5, 0.6) is 0 Å². The van der Waals surface area contributed by atoms with Crippen molar-refractivity contribution in [1.82, 2.24) is 0 Å². The second-order valence-corrected chi connectivity index (χ2v) is 8.03. The van der Waals surface area contributed by atoms with Crippen LogP contribution >= 0.6 is 11.6 Å². The summed E-state index contributed by atoms with van der Waals surface area (Å²) in [5.41, 5.74) is 3.58. The molecule has 3 fully saturated rings. The fraction of sp³-hybridized carbons (Fsp3) is 0.429. The van der Waals surface area contributed by atoms with Gasteiger partial charge in [-0.25, -0.2) is 4.90 Å². The fourth-order valence-electron chi connectivity index (χ4n) is 5.35.